The number of carbonyl (C=O) groups excluding carboxylic acids is 1. The lowest BCUT2D eigenvalue weighted by atomic mass is 10.00. The molecule has 0 aliphatic carbocycles. The van der Waals surface area contributed by atoms with Gasteiger partial charge in [-0.3, -0.25) is 4.79 Å². The number of piperidine rings is 1. The summed E-state index contributed by atoms with van der Waals surface area (Å²) < 4.78 is 0. The van der Waals surface area contributed by atoms with Gasteiger partial charge in [0.1, 0.15) is 0 Å². The van der Waals surface area contributed by atoms with Gasteiger partial charge in [0.25, 0.3) is 0 Å². The van der Waals surface area contributed by atoms with Crippen molar-refractivity contribution < 1.29 is 4.79 Å². The number of rotatable bonds is 3. The molecule has 1 aliphatic heterocycles. The molecule has 0 bridgehead atoms. The molecule has 0 aromatic carbocycles. The van der Waals surface area contributed by atoms with Crippen LogP contribution in [0, 0.1) is 5.92 Å². The fourth-order valence-corrected chi connectivity index (χ4v) is 1.67. The van der Waals surface area contributed by atoms with E-state index >= 15 is 0 Å². The zero-order chi connectivity index (χ0) is 8.10. The Kier molecular flexibility index (Phi) is 3.57. The van der Waals surface area contributed by atoms with Crippen molar-refractivity contribution >= 4 is 6.29 Å². The van der Waals surface area contributed by atoms with Gasteiger partial charge in [0, 0.05) is 12.5 Å². The van der Waals surface area contributed by atoms with E-state index in [4.69, 9.17) is 0 Å². The average Bonchev–Trinajstić information content (AvgIpc) is 2.06. The smallest absolute Gasteiger partial charge is 0.203 e. The third-order valence-corrected chi connectivity index (χ3v) is 2.21. The first-order chi connectivity index (χ1) is 5.36. The van der Waals surface area contributed by atoms with Crippen molar-refractivity contribution in [1.82, 2.24) is 4.90 Å². The van der Waals surface area contributed by atoms with Gasteiger partial charge >= 0.3 is 0 Å². The molecule has 1 atom stereocenters. The molecule has 0 aromatic heterocycles. The predicted molar refractivity (Wildman–Crippen MR) is 45.1 cm³/mol. The zero-order valence-corrected chi connectivity index (χ0v) is 7.18. The number of likely N-dealkylation sites (tertiary alicyclic amines) is 1. The molecule has 0 saturated carbocycles. The van der Waals surface area contributed by atoms with Crippen LogP contribution in [0.5, 0.6) is 0 Å². The maximum atomic E-state index is 10.4. The van der Waals surface area contributed by atoms with E-state index < -0.39 is 0 Å². The van der Waals surface area contributed by atoms with Crippen LogP contribution in [0.4, 0.5) is 0 Å². The minimum absolute atomic E-state index is 0.190. The maximum absolute atomic E-state index is 10.4. The van der Waals surface area contributed by atoms with E-state index in [9.17, 15) is 4.79 Å². The molecular formula is C9H16NO. The fourth-order valence-electron chi connectivity index (χ4n) is 1.67. The van der Waals surface area contributed by atoms with Crippen molar-refractivity contribution in [3.63, 3.8) is 0 Å². The summed E-state index contributed by atoms with van der Waals surface area (Å²) in [6.45, 7) is 5.43. The molecule has 1 heterocycles. The highest BCUT2D eigenvalue weighted by atomic mass is 16.1. The second-order valence-electron chi connectivity index (χ2n) is 3.26. The molecule has 1 rings (SSSR count). The van der Waals surface area contributed by atoms with Crippen LogP contribution in [-0.4, -0.2) is 30.8 Å². The highest BCUT2D eigenvalue weighted by Gasteiger charge is 2.18. The normalized spacial score (nSPS) is 26.8. The Labute approximate surface area is 68.6 Å². The van der Waals surface area contributed by atoms with Gasteiger partial charge in [-0.25, -0.2) is 0 Å². The molecule has 0 amide bonds. The van der Waals surface area contributed by atoms with Gasteiger partial charge < -0.3 is 4.90 Å². The topological polar surface area (TPSA) is 20.3 Å². The lowest BCUT2D eigenvalue weighted by molar-refractivity contribution is 0.202. The standard InChI is InChI=1S/C9H16NO/c1-2-5-10-6-3-4-9(7-10)8-11/h9H,2-7H2,1H3. The van der Waals surface area contributed by atoms with E-state index in [0.717, 1.165) is 19.5 Å². The van der Waals surface area contributed by atoms with Crippen molar-refractivity contribution in [1.29, 1.82) is 0 Å². The first-order valence-corrected chi connectivity index (χ1v) is 4.47. The molecular weight excluding hydrogens is 138 g/mol. The Bertz CT molecular complexity index is 123. The first kappa shape index (κ1) is 8.72. The summed E-state index contributed by atoms with van der Waals surface area (Å²) in [5, 5.41) is 0. The van der Waals surface area contributed by atoms with E-state index in [2.05, 4.69) is 18.1 Å². The number of nitrogens with zero attached hydrogens (tertiary/aromatic N) is 1. The van der Waals surface area contributed by atoms with Crippen molar-refractivity contribution in [2.45, 2.75) is 26.2 Å². The van der Waals surface area contributed by atoms with E-state index in [1.54, 1.807) is 0 Å². The summed E-state index contributed by atoms with van der Waals surface area (Å²) in [5.41, 5.74) is 0. The van der Waals surface area contributed by atoms with Crippen LogP contribution in [0.25, 0.3) is 0 Å². The summed E-state index contributed by atoms with van der Waals surface area (Å²) in [6.07, 6.45) is 5.50. The summed E-state index contributed by atoms with van der Waals surface area (Å²) in [7, 11) is 0. The largest absolute Gasteiger partial charge is 0.303 e. The molecule has 2 nitrogen and oxygen atoms in total. The Hall–Kier alpha value is -0.370. The van der Waals surface area contributed by atoms with Gasteiger partial charge in [-0.05, 0) is 32.4 Å². The highest BCUT2D eigenvalue weighted by molar-refractivity contribution is 5.54. The van der Waals surface area contributed by atoms with Crippen LogP contribution in [-0.2, 0) is 4.79 Å². The zero-order valence-electron chi connectivity index (χ0n) is 7.18. The molecule has 11 heavy (non-hydrogen) atoms. The Balaban J connectivity index is 2.27. The van der Waals surface area contributed by atoms with Gasteiger partial charge in [0.05, 0.1) is 0 Å². The number of hydrogen-bond donors (Lipinski definition) is 0. The van der Waals surface area contributed by atoms with Crippen LogP contribution in [0.3, 0.4) is 0 Å². The Morgan fingerprint density at radius 2 is 2.45 bits per heavy atom. The monoisotopic (exact) mass is 154 g/mol. The van der Waals surface area contributed by atoms with E-state index in [1.165, 1.54) is 19.4 Å². The molecule has 1 aliphatic rings. The average molecular weight is 154 g/mol. The van der Waals surface area contributed by atoms with Crippen LogP contribution in [0.2, 0.25) is 0 Å². The summed E-state index contributed by atoms with van der Waals surface area (Å²) >= 11 is 0. The van der Waals surface area contributed by atoms with E-state index in [0.29, 0.717) is 0 Å². The van der Waals surface area contributed by atoms with Gasteiger partial charge in [0.2, 0.25) is 6.29 Å². The predicted octanol–water partition coefficient (Wildman–Crippen LogP) is 1.22. The van der Waals surface area contributed by atoms with Gasteiger partial charge in [-0.15, -0.1) is 0 Å². The van der Waals surface area contributed by atoms with E-state index in [1.807, 2.05) is 0 Å². The molecule has 1 radical (unpaired) electrons. The van der Waals surface area contributed by atoms with Gasteiger partial charge in [-0.2, -0.15) is 0 Å². The summed E-state index contributed by atoms with van der Waals surface area (Å²) in [4.78, 5) is 12.7. The second-order valence-corrected chi connectivity index (χ2v) is 3.26. The Morgan fingerprint density at radius 3 is 3.09 bits per heavy atom. The molecule has 1 fully saturated rings. The quantitative estimate of drug-likeness (QED) is 0.609. The molecule has 1 saturated heterocycles. The number of hydrogen-bond acceptors (Lipinski definition) is 2. The third-order valence-electron chi connectivity index (χ3n) is 2.21. The third kappa shape index (κ3) is 2.62. The SMILES string of the molecule is CCCN1CCCC([C]=O)C1. The van der Waals surface area contributed by atoms with Crippen LogP contribution >= 0.6 is 0 Å². The molecule has 63 valence electrons. The summed E-state index contributed by atoms with van der Waals surface area (Å²) in [5.74, 6) is 0.190. The fraction of sp³-hybridized carbons (Fsp3) is 0.889. The second kappa shape index (κ2) is 4.50. The van der Waals surface area contributed by atoms with Crippen LogP contribution in [0.1, 0.15) is 26.2 Å². The maximum Gasteiger partial charge on any atom is 0.203 e. The Morgan fingerprint density at radius 1 is 1.64 bits per heavy atom. The summed E-state index contributed by atoms with van der Waals surface area (Å²) in [6, 6.07) is 0. The van der Waals surface area contributed by atoms with Gasteiger partial charge in [-0.1, -0.05) is 6.92 Å². The molecule has 2 heteroatoms. The lowest BCUT2D eigenvalue weighted by Crippen LogP contribution is -2.36. The van der Waals surface area contributed by atoms with Crippen molar-refractivity contribution in [3.8, 4) is 0 Å². The van der Waals surface area contributed by atoms with Crippen molar-refractivity contribution in [2.75, 3.05) is 19.6 Å². The minimum Gasteiger partial charge on any atom is -0.303 e. The van der Waals surface area contributed by atoms with Crippen molar-refractivity contribution in [2.24, 2.45) is 5.92 Å². The van der Waals surface area contributed by atoms with Crippen LogP contribution < -0.4 is 0 Å². The van der Waals surface area contributed by atoms with Crippen molar-refractivity contribution in [3.05, 3.63) is 0 Å². The lowest BCUT2D eigenvalue weighted by Gasteiger charge is -2.29. The highest BCUT2D eigenvalue weighted by Crippen LogP contribution is 2.13. The minimum atomic E-state index is 0.190. The van der Waals surface area contributed by atoms with E-state index in [-0.39, 0.29) is 5.92 Å². The van der Waals surface area contributed by atoms with Gasteiger partial charge in [0.15, 0.2) is 0 Å². The first-order valence-electron chi connectivity index (χ1n) is 4.47. The molecule has 0 spiro atoms. The molecule has 1 unspecified atom stereocenters. The van der Waals surface area contributed by atoms with Crippen LogP contribution in [0.15, 0.2) is 0 Å². The molecule has 0 N–H and O–H groups in total. The molecule has 0 aromatic rings.